The molecule has 5 heteroatoms. The molecule has 21 heavy (non-hydrogen) atoms. The van der Waals surface area contributed by atoms with Crippen LogP contribution in [0.3, 0.4) is 0 Å². The summed E-state index contributed by atoms with van der Waals surface area (Å²) >= 11 is 5.93. The monoisotopic (exact) mass is 306 g/mol. The van der Waals surface area contributed by atoms with Crippen LogP contribution in [0.4, 0.5) is 0 Å². The summed E-state index contributed by atoms with van der Waals surface area (Å²) in [6, 6.07) is 10.3. The molecule has 2 N–H and O–H groups in total. The molecule has 0 aromatic heterocycles. The first-order valence-electron chi connectivity index (χ1n) is 6.59. The predicted octanol–water partition coefficient (Wildman–Crippen LogP) is 3.61. The third-order valence-electron chi connectivity index (χ3n) is 3.63. The van der Waals surface area contributed by atoms with Crippen molar-refractivity contribution in [1.29, 1.82) is 0 Å². The maximum atomic E-state index is 10.3. The van der Waals surface area contributed by atoms with Gasteiger partial charge in [0.05, 0.1) is 18.2 Å². The Bertz CT molecular complexity index is 671. The molecule has 2 atom stereocenters. The van der Waals surface area contributed by atoms with E-state index in [0.717, 1.165) is 11.1 Å². The number of phenols is 1. The molecule has 4 nitrogen and oxygen atoms in total. The maximum absolute atomic E-state index is 10.3. The van der Waals surface area contributed by atoms with E-state index in [1.54, 1.807) is 37.4 Å². The third kappa shape index (κ3) is 2.64. The molecule has 0 amide bonds. The molecule has 2 aromatic rings. The number of aliphatic hydroxyl groups is 1. The highest BCUT2D eigenvalue weighted by atomic mass is 35.5. The van der Waals surface area contributed by atoms with E-state index >= 15 is 0 Å². The lowest BCUT2D eigenvalue weighted by molar-refractivity contribution is 0.0655. The molecule has 1 aliphatic rings. The average molecular weight is 307 g/mol. The van der Waals surface area contributed by atoms with Gasteiger partial charge in [-0.1, -0.05) is 17.7 Å². The number of halogens is 1. The zero-order valence-corrected chi connectivity index (χ0v) is 12.2. The van der Waals surface area contributed by atoms with Crippen molar-refractivity contribution >= 4 is 11.6 Å². The topological polar surface area (TPSA) is 58.9 Å². The van der Waals surface area contributed by atoms with E-state index < -0.39 is 6.10 Å². The van der Waals surface area contributed by atoms with Gasteiger partial charge in [-0.25, -0.2) is 0 Å². The molecule has 2 aromatic carbocycles. The molecular weight excluding hydrogens is 292 g/mol. The van der Waals surface area contributed by atoms with Gasteiger partial charge in [-0.05, 0) is 29.8 Å². The Morgan fingerprint density at radius 2 is 2.05 bits per heavy atom. The molecular formula is C16H15ClO4. The highest BCUT2D eigenvalue weighted by Gasteiger charge is 2.28. The number of rotatable bonds is 2. The number of aromatic hydroxyl groups is 1. The minimum atomic E-state index is -0.614. The van der Waals surface area contributed by atoms with Crippen molar-refractivity contribution in [2.24, 2.45) is 0 Å². The Labute approximate surface area is 127 Å². The zero-order valence-electron chi connectivity index (χ0n) is 11.4. The van der Waals surface area contributed by atoms with E-state index in [1.165, 1.54) is 6.07 Å². The minimum Gasteiger partial charge on any atom is -0.506 e. The number of benzene rings is 2. The number of hydrogen-bond donors (Lipinski definition) is 2. The Hall–Kier alpha value is -1.91. The number of methoxy groups -OCH3 is 1. The van der Waals surface area contributed by atoms with Gasteiger partial charge in [0.1, 0.15) is 23.4 Å². The average Bonchev–Trinajstić information content (AvgIpc) is 2.49. The fourth-order valence-corrected chi connectivity index (χ4v) is 2.67. The van der Waals surface area contributed by atoms with E-state index in [4.69, 9.17) is 21.1 Å². The van der Waals surface area contributed by atoms with Crippen molar-refractivity contribution in [2.75, 3.05) is 7.11 Å². The fraction of sp³-hybridized carbons (Fsp3) is 0.250. The normalized spacial score (nSPS) is 20.5. The van der Waals surface area contributed by atoms with Crippen LogP contribution >= 0.6 is 11.6 Å². The minimum absolute atomic E-state index is 0.0267. The largest absolute Gasteiger partial charge is 0.506 e. The van der Waals surface area contributed by atoms with Crippen molar-refractivity contribution in [2.45, 2.75) is 18.6 Å². The molecule has 0 saturated carbocycles. The van der Waals surface area contributed by atoms with Gasteiger partial charge in [0.15, 0.2) is 0 Å². The zero-order chi connectivity index (χ0) is 15.0. The van der Waals surface area contributed by atoms with Crippen LogP contribution in [0.5, 0.6) is 17.2 Å². The van der Waals surface area contributed by atoms with E-state index in [9.17, 15) is 10.2 Å². The van der Waals surface area contributed by atoms with Crippen molar-refractivity contribution in [3.05, 3.63) is 52.5 Å². The third-order valence-corrected chi connectivity index (χ3v) is 3.93. The van der Waals surface area contributed by atoms with Crippen molar-refractivity contribution in [1.82, 2.24) is 0 Å². The Morgan fingerprint density at radius 3 is 2.76 bits per heavy atom. The van der Waals surface area contributed by atoms with Crippen LogP contribution in [-0.2, 0) is 0 Å². The molecule has 0 radical (unpaired) electrons. The van der Waals surface area contributed by atoms with Gasteiger partial charge in [0, 0.05) is 18.1 Å². The van der Waals surface area contributed by atoms with Gasteiger partial charge >= 0.3 is 0 Å². The van der Waals surface area contributed by atoms with E-state index in [0.29, 0.717) is 17.9 Å². The van der Waals surface area contributed by atoms with Gasteiger partial charge in [0.2, 0.25) is 0 Å². The van der Waals surface area contributed by atoms with E-state index in [2.05, 4.69) is 0 Å². The van der Waals surface area contributed by atoms with Crippen molar-refractivity contribution in [3.63, 3.8) is 0 Å². The Morgan fingerprint density at radius 1 is 1.24 bits per heavy atom. The number of hydrogen-bond acceptors (Lipinski definition) is 4. The molecule has 1 heterocycles. The molecule has 0 fully saturated rings. The lowest BCUT2D eigenvalue weighted by Gasteiger charge is -2.30. The molecule has 1 unspecified atom stereocenters. The van der Waals surface area contributed by atoms with Gasteiger partial charge in [-0.15, -0.1) is 0 Å². The smallest absolute Gasteiger partial charge is 0.134 e. The second kappa shape index (κ2) is 5.47. The molecule has 3 rings (SSSR count). The van der Waals surface area contributed by atoms with E-state index in [1.807, 2.05) is 0 Å². The Balaban J connectivity index is 1.94. The standard InChI is InChI=1S/C16H15ClO4/c1-20-10-3-4-11-14(19)8-15(21-16(11)7-10)9-2-5-13(18)12(17)6-9/h2-7,14-15,18-19H,8H2,1H3/t14-,15?/m0/s1. The number of aliphatic hydroxyl groups excluding tert-OH is 1. The summed E-state index contributed by atoms with van der Waals surface area (Å²) in [5.74, 6) is 1.30. The van der Waals surface area contributed by atoms with Crippen molar-refractivity contribution < 1.29 is 19.7 Å². The van der Waals surface area contributed by atoms with Crippen LogP contribution in [-0.4, -0.2) is 17.3 Å². The Kier molecular flexibility index (Phi) is 3.66. The summed E-state index contributed by atoms with van der Waals surface area (Å²) in [7, 11) is 1.58. The van der Waals surface area contributed by atoms with Crippen LogP contribution < -0.4 is 9.47 Å². The summed E-state index contributed by atoms with van der Waals surface area (Å²) in [4.78, 5) is 0. The first kappa shape index (κ1) is 14.0. The summed E-state index contributed by atoms with van der Waals surface area (Å²) < 4.78 is 11.1. The number of ether oxygens (including phenoxy) is 2. The van der Waals surface area contributed by atoms with Crippen LogP contribution in [0.15, 0.2) is 36.4 Å². The molecule has 0 saturated heterocycles. The number of phenolic OH excluding ortho intramolecular Hbond substituents is 1. The summed E-state index contributed by atoms with van der Waals surface area (Å²) in [5, 5.41) is 20.0. The highest BCUT2D eigenvalue weighted by molar-refractivity contribution is 6.32. The molecule has 1 aliphatic heterocycles. The summed E-state index contributed by atoms with van der Waals surface area (Å²) in [6.07, 6.45) is -0.504. The first-order chi connectivity index (χ1) is 10.1. The summed E-state index contributed by atoms with van der Waals surface area (Å²) in [5.41, 5.74) is 1.56. The fourth-order valence-electron chi connectivity index (χ4n) is 2.48. The molecule has 0 aliphatic carbocycles. The second-order valence-electron chi connectivity index (χ2n) is 4.97. The lowest BCUT2D eigenvalue weighted by Crippen LogP contribution is -2.19. The van der Waals surface area contributed by atoms with Crippen LogP contribution in [0.25, 0.3) is 0 Å². The SMILES string of the molecule is COc1ccc2c(c1)OC(c1ccc(O)c(Cl)c1)C[C@@H]2O. The van der Waals surface area contributed by atoms with Gasteiger partial charge in [-0.3, -0.25) is 0 Å². The first-order valence-corrected chi connectivity index (χ1v) is 6.97. The summed E-state index contributed by atoms with van der Waals surface area (Å²) in [6.45, 7) is 0. The van der Waals surface area contributed by atoms with Crippen LogP contribution in [0, 0.1) is 0 Å². The molecule has 110 valence electrons. The predicted molar refractivity (Wildman–Crippen MR) is 79.1 cm³/mol. The molecule has 0 spiro atoms. The maximum Gasteiger partial charge on any atom is 0.134 e. The van der Waals surface area contributed by atoms with Crippen LogP contribution in [0.1, 0.15) is 29.8 Å². The van der Waals surface area contributed by atoms with Crippen molar-refractivity contribution in [3.8, 4) is 17.2 Å². The highest BCUT2D eigenvalue weighted by Crippen LogP contribution is 2.43. The lowest BCUT2D eigenvalue weighted by atomic mass is 9.95. The van der Waals surface area contributed by atoms with Gasteiger partial charge in [0.25, 0.3) is 0 Å². The van der Waals surface area contributed by atoms with Gasteiger partial charge in [-0.2, -0.15) is 0 Å². The second-order valence-corrected chi connectivity index (χ2v) is 5.38. The van der Waals surface area contributed by atoms with E-state index in [-0.39, 0.29) is 16.9 Å². The molecule has 0 bridgehead atoms. The quantitative estimate of drug-likeness (QED) is 0.890. The van der Waals surface area contributed by atoms with Crippen LogP contribution in [0.2, 0.25) is 5.02 Å². The number of fused-ring (bicyclic) bond motifs is 1. The van der Waals surface area contributed by atoms with Gasteiger partial charge < -0.3 is 19.7 Å².